The number of methoxy groups -OCH3 is 1. The van der Waals surface area contributed by atoms with Gasteiger partial charge in [0.1, 0.15) is 11.4 Å². The summed E-state index contributed by atoms with van der Waals surface area (Å²) in [6, 6.07) is 17.3. The predicted molar refractivity (Wildman–Crippen MR) is 135 cm³/mol. The molecule has 0 radical (unpaired) electrons. The van der Waals surface area contributed by atoms with Gasteiger partial charge in [0, 0.05) is 42.0 Å². The van der Waals surface area contributed by atoms with E-state index < -0.39 is 0 Å². The summed E-state index contributed by atoms with van der Waals surface area (Å²) in [5, 5.41) is 7.50. The lowest BCUT2D eigenvalue weighted by molar-refractivity contribution is -0.116. The van der Waals surface area contributed by atoms with Crippen LogP contribution in [0.5, 0.6) is 5.75 Å². The third-order valence-corrected chi connectivity index (χ3v) is 6.27. The molecule has 0 aliphatic carbocycles. The number of carbonyl (C=O) groups is 1. The molecular weight excluding hydrogens is 428 g/mol. The normalized spacial score (nSPS) is 11.2. The molecule has 0 bridgehead atoms. The predicted octanol–water partition coefficient (Wildman–Crippen LogP) is 4.71. The van der Waals surface area contributed by atoms with Crippen molar-refractivity contribution in [3.63, 3.8) is 0 Å². The van der Waals surface area contributed by atoms with Crippen LogP contribution >= 0.6 is 0 Å². The van der Waals surface area contributed by atoms with Crippen molar-refractivity contribution in [1.82, 2.24) is 14.2 Å². The van der Waals surface area contributed by atoms with E-state index in [1.165, 1.54) is 10.1 Å². The van der Waals surface area contributed by atoms with E-state index in [1.54, 1.807) is 7.11 Å². The van der Waals surface area contributed by atoms with Crippen LogP contribution in [-0.4, -0.2) is 27.2 Å². The first-order chi connectivity index (χ1) is 16.3. The summed E-state index contributed by atoms with van der Waals surface area (Å²) in [4.78, 5) is 25.9. The number of benzene rings is 2. The third-order valence-electron chi connectivity index (χ3n) is 6.27. The van der Waals surface area contributed by atoms with Crippen LogP contribution in [-0.2, 0) is 18.3 Å². The number of anilines is 1. The number of hydrogen-bond acceptors (Lipinski definition) is 4. The summed E-state index contributed by atoms with van der Waals surface area (Å²) < 4.78 is 8.80. The van der Waals surface area contributed by atoms with Gasteiger partial charge < -0.3 is 14.6 Å². The van der Waals surface area contributed by atoms with Gasteiger partial charge in [0.25, 0.3) is 5.56 Å². The van der Waals surface area contributed by atoms with Crippen LogP contribution in [0.1, 0.15) is 43.0 Å². The van der Waals surface area contributed by atoms with Gasteiger partial charge in [0.2, 0.25) is 5.91 Å². The number of nitrogens with zero attached hydrogens (tertiary/aromatic N) is 3. The molecule has 0 aliphatic heterocycles. The molecule has 0 atom stereocenters. The molecule has 1 N–H and O–H groups in total. The lowest BCUT2D eigenvalue weighted by atomic mass is 10.0. The lowest BCUT2D eigenvalue weighted by Gasteiger charge is -2.12. The minimum absolute atomic E-state index is 0.131. The Morgan fingerprint density at radius 3 is 2.50 bits per heavy atom. The van der Waals surface area contributed by atoms with E-state index in [1.807, 2.05) is 73.1 Å². The van der Waals surface area contributed by atoms with Crippen molar-refractivity contribution in [2.45, 2.75) is 39.5 Å². The first-order valence-corrected chi connectivity index (χ1v) is 11.4. The number of hydrogen-bond donors (Lipinski definition) is 1. The van der Waals surface area contributed by atoms with E-state index in [2.05, 4.69) is 24.3 Å². The molecular formula is C27H30N4O3. The van der Waals surface area contributed by atoms with Crippen LogP contribution in [0.25, 0.3) is 16.9 Å². The van der Waals surface area contributed by atoms with Crippen molar-refractivity contribution in [2.75, 3.05) is 12.4 Å². The first kappa shape index (κ1) is 23.3. The molecule has 7 nitrogen and oxygen atoms in total. The molecule has 2 heterocycles. The van der Waals surface area contributed by atoms with Crippen molar-refractivity contribution in [1.29, 1.82) is 0 Å². The molecule has 1 amide bonds. The molecule has 0 spiro atoms. The van der Waals surface area contributed by atoms with Gasteiger partial charge in [-0.05, 0) is 49.1 Å². The fourth-order valence-corrected chi connectivity index (χ4v) is 4.11. The largest absolute Gasteiger partial charge is 0.496 e. The molecule has 2 aromatic carbocycles. The molecule has 7 heteroatoms. The van der Waals surface area contributed by atoms with E-state index >= 15 is 0 Å². The Morgan fingerprint density at radius 1 is 1.12 bits per heavy atom. The summed E-state index contributed by atoms with van der Waals surface area (Å²) in [5.74, 6) is 0.995. The number of para-hydroxylation sites is 1. The maximum absolute atomic E-state index is 13.3. The molecule has 0 aliphatic rings. The van der Waals surface area contributed by atoms with Crippen LogP contribution in [0.3, 0.4) is 0 Å². The zero-order valence-corrected chi connectivity index (χ0v) is 20.3. The van der Waals surface area contributed by atoms with E-state index in [-0.39, 0.29) is 17.9 Å². The minimum Gasteiger partial charge on any atom is -0.496 e. The quantitative estimate of drug-likeness (QED) is 0.435. The number of nitrogens with one attached hydrogen (secondary N) is 1. The van der Waals surface area contributed by atoms with Gasteiger partial charge in [-0.15, -0.1) is 0 Å². The molecule has 0 unspecified atom stereocenters. The van der Waals surface area contributed by atoms with Gasteiger partial charge in [0.05, 0.1) is 12.8 Å². The molecule has 4 rings (SSSR count). The minimum atomic E-state index is -0.208. The fraction of sp³-hybridized carbons (Fsp3) is 0.296. The summed E-state index contributed by atoms with van der Waals surface area (Å²) in [6.07, 6.45) is 0.530. The average molecular weight is 459 g/mol. The highest BCUT2D eigenvalue weighted by Crippen LogP contribution is 2.29. The van der Waals surface area contributed by atoms with Crippen LogP contribution in [0.15, 0.2) is 59.4 Å². The highest BCUT2D eigenvalue weighted by atomic mass is 16.5. The van der Waals surface area contributed by atoms with Gasteiger partial charge in [0.15, 0.2) is 0 Å². The second-order valence-electron chi connectivity index (χ2n) is 8.75. The van der Waals surface area contributed by atoms with Gasteiger partial charge in [-0.25, -0.2) is 0 Å². The monoisotopic (exact) mass is 458 g/mol. The summed E-state index contributed by atoms with van der Waals surface area (Å²) in [5.41, 5.74) is 5.32. The number of aromatic nitrogens is 3. The molecule has 0 saturated carbocycles. The second kappa shape index (κ2) is 9.55. The number of ether oxygens (including phenoxy) is 1. The van der Waals surface area contributed by atoms with Crippen molar-refractivity contribution in [2.24, 2.45) is 7.05 Å². The second-order valence-corrected chi connectivity index (χ2v) is 8.75. The lowest BCUT2D eigenvalue weighted by Crippen LogP contribution is -2.26. The number of amides is 1. The number of carbonyl (C=O) groups excluding carboxylic acids is 1. The molecule has 2 aromatic heterocycles. The summed E-state index contributed by atoms with van der Waals surface area (Å²) in [6.45, 7) is 6.16. The first-order valence-electron chi connectivity index (χ1n) is 11.4. The van der Waals surface area contributed by atoms with Gasteiger partial charge in [-0.1, -0.05) is 38.1 Å². The Bertz CT molecular complexity index is 1400. The molecule has 4 aromatic rings. The van der Waals surface area contributed by atoms with Gasteiger partial charge >= 0.3 is 0 Å². The van der Waals surface area contributed by atoms with Crippen molar-refractivity contribution in [3.8, 4) is 17.0 Å². The Kier molecular flexibility index (Phi) is 6.54. The summed E-state index contributed by atoms with van der Waals surface area (Å²) in [7, 11) is 3.51. The number of rotatable bonds is 7. The fourth-order valence-electron chi connectivity index (χ4n) is 4.11. The van der Waals surface area contributed by atoms with E-state index in [9.17, 15) is 9.59 Å². The zero-order chi connectivity index (χ0) is 24.4. The Balaban J connectivity index is 1.58. The topological polar surface area (TPSA) is 77.6 Å². The smallest absolute Gasteiger partial charge is 0.277 e. The van der Waals surface area contributed by atoms with Crippen LogP contribution in [0.2, 0.25) is 0 Å². The van der Waals surface area contributed by atoms with Crippen molar-refractivity contribution < 1.29 is 9.53 Å². The highest BCUT2D eigenvalue weighted by molar-refractivity contribution is 5.90. The SMILES string of the molecule is COc1ccccc1-c1cc2n(C)c(C)c(CCC(=O)Nc3ccc(C(C)C)cc3)c(=O)n2n1. The van der Waals surface area contributed by atoms with Crippen LogP contribution < -0.4 is 15.6 Å². The van der Waals surface area contributed by atoms with Gasteiger partial charge in [-0.2, -0.15) is 9.61 Å². The number of fused-ring (bicyclic) bond motifs is 1. The van der Waals surface area contributed by atoms with Gasteiger partial charge in [-0.3, -0.25) is 9.59 Å². The zero-order valence-electron chi connectivity index (χ0n) is 20.3. The standard InChI is InChI=1S/C27H30N4O3/c1-17(2)19-10-12-20(13-11-19)28-25(32)15-14-21-18(3)30(4)26-16-23(29-31(26)27(21)33)22-8-6-7-9-24(22)34-5/h6-13,16-17H,14-15H2,1-5H3,(H,28,32). The maximum atomic E-state index is 13.3. The molecule has 0 fully saturated rings. The maximum Gasteiger partial charge on any atom is 0.277 e. The third kappa shape index (κ3) is 4.46. The number of aryl methyl sites for hydroxylation is 1. The Hall–Kier alpha value is -3.87. The van der Waals surface area contributed by atoms with Crippen molar-refractivity contribution >= 4 is 17.2 Å². The Labute approximate surface area is 199 Å². The van der Waals surface area contributed by atoms with E-state index in [0.29, 0.717) is 35.0 Å². The van der Waals surface area contributed by atoms with E-state index in [0.717, 1.165) is 16.9 Å². The molecule has 0 saturated heterocycles. The average Bonchev–Trinajstić information content (AvgIpc) is 3.29. The summed E-state index contributed by atoms with van der Waals surface area (Å²) >= 11 is 0. The van der Waals surface area contributed by atoms with Crippen molar-refractivity contribution in [3.05, 3.63) is 81.8 Å². The van der Waals surface area contributed by atoms with E-state index in [4.69, 9.17) is 4.74 Å². The van der Waals surface area contributed by atoms with Crippen LogP contribution in [0.4, 0.5) is 5.69 Å². The highest BCUT2D eigenvalue weighted by Gasteiger charge is 2.18. The Morgan fingerprint density at radius 2 is 1.82 bits per heavy atom. The van der Waals surface area contributed by atoms with Crippen LogP contribution in [0, 0.1) is 6.92 Å². The molecule has 34 heavy (non-hydrogen) atoms. The molecule has 176 valence electrons.